The fourth-order valence-electron chi connectivity index (χ4n) is 4.44. The Labute approximate surface area is 171 Å². The van der Waals surface area contributed by atoms with Crippen molar-refractivity contribution in [3.63, 3.8) is 0 Å². The van der Waals surface area contributed by atoms with Gasteiger partial charge in [0.05, 0.1) is 42.1 Å². The predicted molar refractivity (Wildman–Crippen MR) is 109 cm³/mol. The van der Waals surface area contributed by atoms with E-state index >= 15 is 0 Å². The molecule has 1 unspecified atom stereocenters. The van der Waals surface area contributed by atoms with Crippen LogP contribution in [0, 0.1) is 0 Å². The predicted octanol–water partition coefficient (Wildman–Crippen LogP) is 3.35. The number of aliphatic hydroxyl groups is 1. The lowest BCUT2D eigenvalue weighted by Gasteiger charge is -2.28. The maximum Gasteiger partial charge on any atom is 0.335 e. The molecule has 1 N–H and O–H groups in total. The van der Waals surface area contributed by atoms with Gasteiger partial charge in [0.1, 0.15) is 6.61 Å². The Balaban J connectivity index is 1.81. The first-order valence-corrected chi connectivity index (χ1v) is 10.1. The van der Waals surface area contributed by atoms with Gasteiger partial charge in [0.15, 0.2) is 11.5 Å². The molecule has 1 aliphatic heterocycles. The molecule has 5 rings (SSSR count). The van der Waals surface area contributed by atoms with Crippen molar-refractivity contribution in [1.82, 2.24) is 4.98 Å². The van der Waals surface area contributed by atoms with Crippen molar-refractivity contribution in [2.45, 2.75) is 18.9 Å². The minimum absolute atomic E-state index is 0.200. The molecule has 7 heteroatoms. The summed E-state index contributed by atoms with van der Waals surface area (Å²) in [5.74, 6) is 0.427. The average Bonchev–Trinajstić information content (AvgIpc) is 3.37. The number of fused-ring (bicyclic) bond motifs is 3. The van der Waals surface area contributed by atoms with E-state index in [1.807, 2.05) is 23.7 Å². The highest BCUT2D eigenvalue weighted by atomic mass is 32.1. The monoisotopic (exact) mass is 409 g/mol. The number of nitrogens with zero attached hydrogens (tertiary/aromatic N) is 1. The summed E-state index contributed by atoms with van der Waals surface area (Å²) in [7, 11) is 3.11. The van der Waals surface area contributed by atoms with Gasteiger partial charge in [0, 0.05) is 11.5 Å². The first kappa shape index (κ1) is 18.1. The molecule has 29 heavy (non-hydrogen) atoms. The lowest BCUT2D eigenvalue weighted by molar-refractivity contribution is -0.136. The quantitative estimate of drug-likeness (QED) is 0.666. The zero-order valence-electron chi connectivity index (χ0n) is 16.0. The molecular weight excluding hydrogens is 390 g/mol. The van der Waals surface area contributed by atoms with Gasteiger partial charge in [-0.1, -0.05) is 6.07 Å². The summed E-state index contributed by atoms with van der Waals surface area (Å²) >= 11 is 1.57. The van der Waals surface area contributed by atoms with Crippen molar-refractivity contribution in [3.05, 3.63) is 63.2 Å². The van der Waals surface area contributed by atoms with Crippen LogP contribution in [0.4, 0.5) is 0 Å². The van der Waals surface area contributed by atoms with E-state index in [0.717, 1.165) is 26.9 Å². The van der Waals surface area contributed by atoms with Crippen molar-refractivity contribution in [2.24, 2.45) is 0 Å². The topological polar surface area (TPSA) is 77.9 Å². The van der Waals surface area contributed by atoms with E-state index in [0.29, 0.717) is 35.7 Å². The number of rotatable bonds is 4. The van der Waals surface area contributed by atoms with Crippen LogP contribution in [-0.4, -0.2) is 36.9 Å². The Bertz CT molecular complexity index is 1150. The standard InChI is InChI=1S/C22H19NO5S/c1-26-16-7-12(6-13(8-24)20(16)27-2)17-18-11(3-4-15-21(18)29-10-23-15)5-14-9-28-22(25)19(14)17/h3-4,6-7,10,17,24H,5,8-9H2,1-2H3. The summed E-state index contributed by atoms with van der Waals surface area (Å²) in [5.41, 5.74) is 8.16. The number of cyclic esters (lactones) is 1. The summed E-state index contributed by atoms with van der Waals surface area (Å²) in [5, 5.41) is 9.92. The van der Waals surface area contributed by atoms with Crippen molar-refractivity contribution >= 4 is 27.5 Å². The van der Waals surface area contributed by atoms with Crippen LogP contribution in [0.3, 0.4) is 0 Å². The average molecular weight is 409 g/mol. The number of esters is 1. The van der Waals surface area contributed by atoms with Crippen LogP contribution in [0.5, 0.6) is 11.5 Å². The molecule has 6 nitrogen and oxygen atoms in total. The minimum atomic E-state index is -0.307. The zero-order valence-corrected chi connectivity index (χ0v) is 16.8. The zero-order chi connectivity index (χ0) is 20.1. The van der Waals surface area contributed by atoms with Gasteiger partial charge < -0.3 is 19.3 Å². The fourth-order valence-corrected chi connectivity index (χ4v) is 5.33. The van der Waals surface area contributed by atoms with Crippen LogP contribution in [0.15, 0.2) is 40.9 Å². The van der Waals surface area contributed by atoms with Gasteiger partial charge in [0.25, 0.3) is 0 Å². The van der Waals surface area contributed by atoms with E-state index in [-0.39, 0.29) is 18.5 Å². The smallest absolute Gasteiger partial charge is 0.335 e. The molecule has 0 fully saturated rings. The summed E-state index contributed by atoms with van der Waals surface area (Å²) in [4.78, 5) is 17.2. The van der Waals surface area contributed by atoms with Gasteiger partial charge in [-0.2, -0.15) is 0 Å². The second-order valence-corrected chi connectivity index (χ2v) is 7.97. The molecule has 2 aromatic carbocycles. The number of thiazole rings is 1. The van der Waals surface area contributed by atoms with Crippen LogP contribution >= 0.6 is 11.3 Å². The molecule has 0 saturated carbocycles. The van der Waals surface area contributed by atoms with Gasteiger partial charge in [0.2, 0.25) is 0 Å². The van der Waals surface area contributed by atoms with Gasteiger partial charge in [-0.05, 0) is 46.9 Å². The van der Waals surface area contributed by atoms with Crippen molar-refractivity contribution < 1.29 is 24.1 Å². The Hall–Kier alpha value is -2.90. The molecule has 0 spiro atoms. The summed E-state index contributed by atoms with van der Waals surface area (Å²) in [6, 6.07) is 7.88. The van der Waals surface area contributed by atoms with Gasteiger partial charge in [-0.25, -0.2) is 9.78 Å². The normalized spacial score (nSPS) is 17.9. The van der Waals surface area contributed by atoms with E-state index in [9.17, 15) is 9.90 Å². The third-order valence-electron chi connectivity index (χ3n) is 5.67. The minimum Gasteiger partial charge on any atom is -0.493 e. The second-order valence-electron chi connectivity index (χ2n) is 7.12. The number of methoxy groups -OCH3 is 2. The Morgan fingerprint density at radius 3 is 2.90 bits per heavy atom. The highest BCUT2D eigenvalue weighted by molar-refractivity contribution is 7.17. The molecule has 1 aliphatic carbocycles. The lowest BCUT2D eigenvalue weighted by atomic mass is 9.75. The Morgan fingerprint density at radius 1 is 1.28 bits per heavy atom. The van der Waals surface area contributed by atoms with E-state index in [4.69, 9.17) is 14.2 Å². The molecule has 0 amide bonds. The first-order valence-electron chi connectivity index (χ1n) is 9.26. The number of hydrogen-bond donors (Lipinski definition) is 1. The maximum absolute atomic E-state index is 12.7. The highest BCUT2D eigenvalue weighted by Gasteiger charge is 2.39. The number of carbonyl (C=O) groups excluding carboxylic acids is 1. The fraction of sp³-hybridized carbons (Fsp3) is 0.273. The number of benzene rings is 2. The first-order chi connectivity index (χ1) is 14.2. The summed E-state index contributed by atoms with van der Waals surface area (Å²) < 4.78 is 17.4. The largest absolute Gasteiger partial charge is 0.493 e. The summed E-state index contributed by atoms with van der Waals surface area (Å²) in [6.07, 6.45) is 0.695. The van der Waals surface area contributed by atoms with Crippen LogP contribution in [-0.2, 0) is 22.6 Å². The molecule has 0 saturated heterocycles. The van der Waals surface area contributed by atoms with Crippen LogP contribution in [0.1, 0.15) is 28.2 Å². The molecular formula is C22H19NO5S. The third kappa shape index (κ3) is 2.65. The van der Waals surface area contributed by atoms with E-state index in [2.05, 4.69) is 11.1 Å². The van der Waals surface area contributed by atoms with Crippen molar-refractivity contribution in [1.29, 1.82) is 0 Å². The van der Waals surface area contributed by atoms with Gasteiger partial charge in [-0.3, -0.25) is 0 Å². The van der Waals surface area contributed by atoms with Crippen LogP contribution < -0.4 is 9.47 Å². The number of ether oxygens (including phenoxy) is 3. The molecule has 3 aromatic rings. The molecule has 2 aliphatic rings. The van der Waals surface area contributed by atoms with Crippen molar-refractivity contribution in [3.8, 4) is 11.5 Å². The van der Waals surface area contributed by atoms with Gasteiger partial charge in [-0.15, -0.1) is 11.3 Å². The lowest BCUT2D eigenvalue weighted by Crippen LogP contribution is -2.18. The molecule has 2 heterocycles. The SMILES string of the molecule is COc1cc(C2C3=C(COC3=O)Cc3ccc4ncsc4c32)cc(CO)c1OC. The Morgan fingerprint density at radius 2 is 2.14 bits per heavy atom. The molecule has 1 atom stereocenters. The maximum atomic E-state index is 12.7. The third-order valence-corrected chi connectivity index (χ3v) is 6.54. The molecule has 148 valence electrons. The van der Waals surface area contributed by atoms with Crippen molar-refractivity contribution in [2.75, 3.05) is 20.8 Å². The molecule has 0 radical (unpaired) electrons. The molecule has 1 aromatic heterocycles. The number of aliphatic hydroxyl groups excluding tert-OH is 1. The van der Waals surface area contributed by atoms with E-state index in [1.54, 1.807) is 25.6 Å². The van der Waals surface area contributed by atoms with E-state index in [1.165, 1.54) is 5.56 Å². The number of carbonyl (C=O) groups is 1. The van der Waals surface area contributed by atoms with Crippen LogP contribution in [0.25, 0.3) is 10.2 Å². The number of aromatic nitrogens is 1. The highest BCUT2D eigenvalue weighted by Crippen LogP contribution is 2.48. The van der Waals surface area contributed by atoms with E-state index < -0.39 is 0 Å². The van der Waals surface area contributed by atoms with Gasteiger partial charge >= 0.3 is 5.97 Å². The second kappa shape index (κ2) is 6.86. The summed E-state index contributed by atoms with van der Waals surface area (Å²) in [6.45, 7) is 0.124. The number of hydrogen-bond acceptors (Lipinski definition) is 7. The van der Waals surface area contributed by atoms with Crippen LogP contribution in [0.2, 0.25) is 0 Å². The Kier molecular flexibility index (Phi) is 4.29. The molecule has 0 bridgehead atoms.